The van der Waals surface area contributed by atoms with Gasteiger partial charge in [0.05, 0.1) is 18.2 Å². The summed E-state index contributed by atoms with van der Waals surface area (Å²) >= 11 is 0. The molecule has 0 saturated carbocycles. The van der Waals surface area contributed by atoms with Crippen LogP contribution in [0.4, 0.5) is 4.39 Å². The maximum Gasteiger partial charge on any atom is 0.227 e. The molecule has 3 aromatic rings. The van der Waals surface area contributed by atoms with Gasteiger partial charge in [-0.05, 0) is 42.7 Å². The molecule has 6 heteroatoms. The number of nitrogens with zero attached hydrogens (tertiary/aromatic N) is 4. The van der Waals surface area contributed by atoms with Gasteiger partial charge in [-0.15, -0.1) is 0 Å². The fraction of sp³-hybridized carbons (Fsp3) is 0.318. The summed E-state index contributed by atoms with van der Waals surface area (Å²) in [7, 11) is 0. The van der Waals surface area contributed by atoms with E-state index in [0.29, 0.717) is 0 Å². The first-order valence-corrected chi connectivity index (χ1v) is 9.69. The molecule has 3 heterocycles. The summed E-state index contributed by atoms with van der Waals surface area (Å²) in [6, 6.07) is 12.0. The Morgan fingerprint density at radius 2 is 2.04 bits per heavy atom. The summed E-state index contributed by atoms with van der Waals surface area (Å²) < 4.78 is 15.1. The van der Waals surface area contributed by atoms with Crippen molar-refractivity contribution in [1.29, 1.82) is 0 Å². The van der Waals surface area contributed by atoms with Gasteiger partial charge in [-0.2, -0.15) is 0 Å². The van der Waals surface area contributed by atoms with Gasteiger partial charge < -0.3 is 4.90 Å². The van der Waals surface area contributed by atoms with E-state index >= 15 is 0 Å². The molecule has 1 unspecified atom stereocenters. The molecule has 0 spiro atoms. The van der Waals surface area contributed by atoms with Gasteiger partial charge in [0, 0.05) is 25.4 Å². The van der Waals surface area contributed by atoms with E-state index in [-0.39, 0.29) is 24.2 Å². The van der Waals surface area contributed by atoms with Gasteiger partial charge in [0.2, 0.25) is 5.91 Å². The average molecular weight is 378 g/mol. The Hall–Kier alpha value is -3.02. The Morgan fingerprint density at radius 1 is 1.21 bits per heavy atom. The molecular weight excluding hydrogens is 355 g/mol. The maximum atomic E-state index is 13.1. The molecule has 1 aliphatic rings. The summed E-state index contributed by atoms with van der Waals surface area (Å²) in [4.78, 5) is 24.0. The van der Waals surface area contributed by atoms with Crippen LogP contribution in [0.25, 0.3) is 5.82 Å². The Bertz CT molecular complexity index is 967. The number of likely N-dealkylation sites (tertiary alicyclic amines) is 1. The number of amides is 1. The average Bonchev–Trinajstić information content (AvgIpc) is 3.39. The van der Waals surface area contributed by atoms with Gasteiger partial charge in [0.1, 0.15) is 17.5 Å². The molecule has 0 bridgehead atoms. The number of imidazole rings is 1. The third-order valence-electron chi connectivity index (χ3n) is 5.22. The monoisotopic (exact) mass is 378 g/mol. The lowest BCUT2D eigenvalue weighted by atomic mass is 10.1. The van der Waals surface area contributed by atoms with Crippen molar-refractivity contribution in [3.63, 3.8) is 0 Å². The molecule has 0 aliphatic carbocycles. The van der Waals surface area contributed by atoms with Gasteiger partial charge >= 0.3 is 0 Å². The lowest BCUT2D eigenvalue weighted by Gasteiger charge is -2.25. The lowest BCUT2D eigenvalue weighted by Crippen LogP contribution is -2.32. The third-order valence-corrected chi connectivity index (χ3v) is 5.22. The number of halogens is 1. The van der Waals surface area contributed by atoms with Crippen LogP contribution in [0.1, 0.15) is 42.9 Å². The van der Waals surface area contributed by atoms with Crippen molar-refractivity contribution in [3.05, 3.63) is 77.8 Å². The lowest BCUT2D eigenvalue weighted by molar-refractivity contribution is -0.131. The van der Waals surface area contributed by atoms with Crippen LogP contribution in [0.2, 0.25) is 0 Å². The minimum absolute atomic E-state index is 0.0264. The predicted octanol–water partition coefficient (Wildman–Crippen LogP) is 3.88. The van der Waals surface area contributed by atoms with Crippen LogP contribution < -0.4 is 0 Å². The Labute approximate surface area is 163 Å². The molecule has 1 aliphatic heterocycles. The minimum atomic E-state index is -0.290. The smallest absolute Gasteiger partial charge is 0.227 e. The second-order valence-electron chi connectivity index (χ2n) is 7.04. The first kappa shape index (κ1) is 18.3. The van der Waals surface area contributed by atoms with E-state index in [0.717, 1.165) is 48.7 Å². The quantitative estimate of drug-likeness (QED) is 0.677. The molecule has 0 N–H and O–H groups in total. The molecule has 2 aromatic heterocycles. The van der Waals surface area contributed by atoms with Crippen molar-refractivity contribution < 1.29 is 9.18 Å². The normalized spacial score (nSPS) is 16.5. The number of pyridine rings is 1. The molecule has 4 rings (SSSR count). The predicted molar refractivity (Wildman–Crippen MR) is 105 cm³/mol. The Balaban J connectivity index is 1.55. The summed E-state index contributed by atoms with van der Waals surface area (Å²) in [5.74, 6) is 1.55. The number of aryl methyl sites for hydroxylation is 1. The van der Waals surface area contributed by atoms with Crippen molar-refractivity contribution >= 4 is 5.91 Å². The molecular formula is C22H23FN4O. The number of benzene rings is 1. The van der Waals surface area contributed by atoms with E-state index in [2.05, 4.69) is 11.9 Å². The number of carbonyl (C=O) groups excluding carboxylic acids is 1. The van der Waals surface area contributed by atoms with Crippen LogP contribution in [-0.4, -0.2) is 31.9 Å². The van der Waals surface area contributed by atoms with Crippen molar-refractivity contribution in [2.45, 2.75) is 38.6 Å². The highest BCUT2D eigenvalue weighted by atomic mass is 19.1. The zero-order valence-electron chi connectivity index (χ0n) is 15.9. The summed E-state index contributed by atoms with van der Waals surface area (Å²) in [5, 5.41) is 0. The van der Waals surface area contributed by atoms with E-state index < -0.39 is 0 Å². The Morgan fingerprint density at radius 3 is 2.82 bits per heavy atom. The van der Waals surface area contributed by atoms with Crippen LogP contribution in [0.5, 0.6) is 0 Å². The highest BCUT2D eigenvalue weighted by Gasteiger charge is 2.31. The van der Waals surface area contributed by atoms with Crippen LogP contribution in [-0.2, 0) is 17.6 Å². The number of aromatic nitrogens is 3. The topological polar surface area (TPSA) is 51.0 Å². The van der Waals surface area contributed by atoms with Crippen LogP contribution >= 0.6 is 0 Å². The molecule has 1 amide bonds. The largest absolute Gasteiger partial charge is 0.334 e. The van der Waals surface area contributed by atoms with Crippen molar-refractivity contribution in [3.8, 4) is 5.82 Å². The number of hydrogen-bond acceptors (Lipinski definition) is 3. The standard InChI is InChI=1S/C22H23FN4O/c1-2-20-24-12-14-27(20)21-7-3-5-18(25-21)19-6-4-13-26(19)22(28)15-16-8-10-17(23)11-9-16/h3,5,7-12,14,19H,2,4,6,13,15H2,1H3. The first-order chi connectivity index (χ1) is 13.7. The van der Waals surface area contributed by atoms with E-state index in [1.807, 2.05) is 33.9 Å². The Kier molecular flexibility index (Phi) is 5.19. The number of rotatable bonds is 5. The fourth-order valence-corrected chi connectivity index (χ4v) is 3.81. The SMILES string of the molecule is CCc1nccn1-c1cccc(C2CCCN2C(=O)Cc2ccc(F)cc2)n1. The molecule has 1 fully saturated rings. The van der Waals surface area contributed by atoms with Crippen molar-refractivity contribution in [2.75, 3.05) is 6.54 Å². The van der Waals surface area contributed by atoms with Crippen LogP contribution in [0.15, 0.2) is 54.9 Å². The first-order valence-electron chi connectivity index (χ1n) is 9.69. The van der Waals surface area contributed by atoms with E-state index in [9.17, 15) is 9.18 Å². The molecule has 144 valence electrons. The van der Waals surface area contributed by atoms with E-state index in [1.54, 1.807) is 18.3 Å². The second kappa shape index (κ2) is 7.92. The number of hydrogen-bond donors (Lipinski definition) is 0. The van der Waals surface area contributed by atoms with E-state index in [4.69, 9.17) is 4.98 Å². The molecule has 5 nitrogen and oxygen atoms in total. The zero-order chi connectivity index (χ0) is 19.5. The highest BCUT2D eigenvalue weighted by Crippen LogP contribution is 2.32. The summed E-state index contributed by atoms with van der Waals surface area (Å²) in [5.41, 5.74) is 1.72. The third kappa shape index (κ3) is 3.67. The molecule has 0 radical (unpaired) electrons. The van der Waals surface area contributed by atoms with Crippen LogP contribution in [0, 0.1) is 5.82 Å². The molecule has 1 atom stereocenters. The molecule has 28 heavy (non-hydrogen) atoms. The van der Waals surface area contributed by atoms with Crippen molar-refractivity contribution in [2.24, 2.45) is 0 Å². The fourth-order valence-electron chi connectivity index (χ4n) is 3.81. The highest BCUT2D eigenvalue weighted by molar-refractivity contribution is 5.79. The van der Waals surface area contributed by atoms with Gasteiger partial charge in [-0.25, -0.2) is 14.4 Å². The van der Waals surface area contributed by atoms with Gasteiger partial charge in [-0.1, -0.05) is 25.1 Å². The van der Waals surface area contributed by atoms with E-state index in [1.165, 1.54) is 12.1 Å². The number of carbonyl (C=O) groups is 1. The van der Waals surface area contributed by atoms with Crippen LogP contribution in [0.3, 0.4) is 0 Å². The van der Waals surface area contributed by atoms with Gasteiger partial charge in [-0.3, -0.25) is 9.36 Å². The van der Waals surface area contributed by atoms with Gasteiger partial charge in [0.15, 0.2) is 0 Å². The minimum Gasteiger partial charge on any atom is -0.334 e. The van der Waals surface area contributed by atoms with Gasteiger partial charge in [0.25, 0.3) is 0 Å². The second-order valence-corrected chi connectivity index (χ2v) is 7.04. The molecule has 1 aromatic carbocycles. The summed E-state index contributed by atoms with van der Waals surface area (Å²) in [6.45, 7) is 2.79. The summed E-state index contributed by atoms with van der Waals surface area (Å²) in [6.07, 6.45) is 6.65. The van der Waals surface area contributed by atoms with Crippen molar-refractivity contribution in [1.82, 2.24) is 19.4 Å². The zero-order valence-corrected chi connectivity index (χ0v) is 15.9. The maximum absolute atomic E-state index is 13.1. The molecule has 1 saturated heterocycles.